The maximum atomic E-state index is 12.0. The molecular formula is C14H10N2O4S. The number of aromatic nitrogens is 1. The van der Waals surface area contributed by atoms with Crippen molar-refractivity contribution in [3.05, 3.63) is 36.3 Å². The van der Waals surface area contributed by atoms with E-state index in [9.17, 15) is 4.79 Å². The molecule has 0 bridgehead atoms. The summed E-state index contributed by atoms with van der Waals surface area (Å²) in [5.74, 6) is 1.15. The van der Waals surface area contributed by atoms with Crippen molar-refractivity contribution < 1.29 is 18.7 Å². The SMILES string of the molecule is O=C(Nc1nc2cc3c(cc2s1)OCCO3)c1ccoc1. The van der Waals surface area contributed by atoms with E-state index in [-0.39, 0.29) is 5.91 Å². The first kappa shape index (κ1) is 12.2. The van der Waals surface area contributed by atoms with E-state index in [1.54, 1.807) is 6.07 Å². The molecule has 0 atom stereocenters. The van der Waals surface area contributed by atoms with Crippen LogP contribution in [0.25, 0.3) is 10.2 Å². The van der Waals surface area contributed by atoms with Crippen LogP contribution >= 0.6 is 11.3 Å². The lowest BCUT2D eigenvalue weighted by molar-refractivity contribution is 0.102. The normalized spacial score (nSPS) is 13.3. The summed E-state index contributed by atoms with van der Waals surface area (Å²) in [6, 6.07) is 5.31. The zero-order valence-corrected chi connectivity index (χ0v) is 11.6. The maximum absolute atomic E-state index is 12.0. The van der Waals surface area contributed by atoms with Crippen LogP contribution in [-0.4, -0.2) is 24.1 Å². The Balaban J connectivity index is 1.66. The Labute approximate surface area is 123 Å². The molecule has 0 saturated heterocycles. The molecular weight excluding hydrogens is 292 g/mol. The zero-order valence-electron chi connectivity index (χ0n) is 10.8. The third-order valence-corrected chi connectivity index (χ3v) is 3.99. The minimum Gasteiger partial charge on any atom is -0.486 e. The van der Waals surface area contributed by atoms with Crippen LogP contribution in [0.15, 0.2) is 35.1 Å². The highest BCUT2D eigenvalue weighted by Crippen LogP contribution is 2.37. The Hall–Kier alpha value is -2.54. The van der Waals surface area contributed by atoms with Crippen LogP contribution in [0.4, 0.5) is 5.13 Å². The Morgan fingerprint density at radius 3 is 2.81 bits per heavy atom. The average Bonchev–Trinajstić information content (AvgIpc) is 3.13. The third-order valence-electron chi connectivity index (χ3n) is 3.06. The lowest BCUT2D eigenvalue weighted by Crippen LogP contribution is -2.15. The summed E-state index contributed by atoms with van der Waals surface area (Å²) >= 11 is 1.39. The molecule has 1 aliphatic heterocycles. The van der Waals surface area contributed by atoms with Gasteiger partial charge in [0.15, 0.2) is 16.6 Å². The van der Waals surface area contributed by atoms with Crippen LogP contribution in [0.5, 0.6) is 11.5 Å². The number of carbonyl (C=O) groups is 1. The van der Waals surface area contributed by atoms with E-state index in [4.69, 9.17) is 13.9 Å². The topological polar surface area (TPSA) is 73.6 Å². The Morgan fingerprint density at radius 1 is 1.24 bits per heavy atom. The van der Waals surface area contributed by atoms with Crippen LogP contribution < -0.4 is 14.8 Å². The molecule has 0 unspecified atom stereocenters. The number of thiazole rings is 1. The second-order valence-corrected chi connectivity index (χ2v) is 5.48. The summed E-state index contributed by atoms with van der Waals surface area (Å²) < 4.78 is 16.9. The van der Waals surface area contributed by atoms with Gasteiger partial charge in [0, 0.05) is 12.1 Å². The number of furan rings is 1. The summed E-state index contributed by atoms with van der Waals surface area (Å²) in [4.78, 5) is 16.3. The number of anilines is 1. The summed E-state index contributed by atoms with van der Waals surface area (Å²) in [6.07, 6.45) is 2.85. The van der Waals surface area contributed by atoms with Gasteiger partial charge in [-0.25, -0.2) is 4.98 Å². The molecule has 1 aromatic carbocycles. The minimum absolute atomic E-state index is 0.250. The lowest BCUT2D eigenvalue weighted by atomic mass is 10.3. The molecule has 1 amide bonds. The van der Waals surface area contributed by atoms with Gasteiger partial charge in [0.25, 0.3) is 5.91 Å². The Bertz CT molecular complexity index is 767. The fourth-order valence-electron chi connectivity index (χ4n) is 2.08. The molecule has 0 saturated carbocycles. The average molecular weight is 302 g/mol. The van der Waals surface area contributed by atoms with E-state index in [0.29, 0.717) is 35.4 Å². The number of fused-ring (bicyclic) bond motifs is 2. The number of carbonyl (C=O) groups excluding carboxylic acids is 1. The van der Waals surface area contributed by atoms with Crippen molar-refractivity contribution in [3.8, 4) is 11.5 Å². The van der Waals surface area contributed by atoms with Crippen LogP contribution in [0.1, 0.15) is 10.4 Å². The molecule has 3 aromatic rings. The van der Waals surface area contributed by atoms with Crippen molar-refractivity contribution in [2.24, 2.45) is 0 Å². The summed E-state index contributed by atoms with van der Waals surface area (Å²) in [7, 11) is 0. The molecule has 0 radical (unpaired) electrons. The molecule has 7 heteroatoms. The van der Waals surface area contributed by atoms with E-state index in [2.05, 4.69) is 10.3 Å². The summed E-state index contributed by atoms with van der Waals surface area (Å²) in [5, 5.41) is 3.28. The number of hydrogen-bond donors (Lipinski definition) is 1. The molecule has 2 aromatic heterocycles. The quantitative estimate of drug-likeness (QED) is 0.788. The molecule has 0 fully saturated rings. The molecule has 106 valence electrons. The highest BCUT2D eigenvalue weighted by molar-refractivity contribution is 7.22. The predicted molar refractivity (Wildman–Crippen MR) is 77.3 cm³/mol. The van der Waals surface area contributed by atoms with Gasteiger partial charge < -0.3 is 13.9 Å². The van der Waals surface area contributed by atoms with Crippen molar-refractivity contribution in [2.75, 3.05) is 18.5 Å². The van der Waals surface area contributed by atoms with Crippen molar-refractivity contribution in [3.63, 3.8) is 0 Å². The predicted octanol–water partition coefficient (Wildman–Crippen LogP) is 2.91. The van der Waals surface area contributed by atoms with Gasteiger partial charge in [-0.3, -0.25) is 10.1 Å². The molecule has 1 aliphatic rings. The first-order valence-corrected chi connectivity index (χ1v) is 7.15. The Kier molecular flexibility index (Phi) is 2.78. The van der Waals surface area contributed by atoms with Gasteiger partial charge in [0.1, 0.15) is 19.5 Å². The first-order valence-electron chi connectivity index (χ1n) is 6.33. The van der Waals surface area contributed by atoms with Crippen molar-refractivity contribution in [2.45, 2.75) is 0 Å². The van der Waals surface area contributed by atoms with E-state index >= 15 is 0 Å². The molecule has 0 aliphatic carbocycles. The van der Waals surface area contributed by atoms with E-state index in [1.807, 2.05) is 12.1 Å². The van der Waals surface area contributed by atoms with E-state index < -0.39 is 0 Å². The molecule has 3 heterocycles. The van der Waals surface area contributed by atoms with E-state index in [1.165, 1.54) is 23.9 Å². The Morgan fingerprint density at radius 2 is 2.05 bits per heavy atom. The van der Waals surface area contributed by atoms with Gasteiger partial charge in [-0.1, -0.05) is 11.3 Å². The van der Waals surface area contributed by atoms with Gasteiger partial charge in [0.05, 0.1) is 22.0 Å². The van der Waals surface area contributed by atoms with Crippen molar-refractivity contribution in [1.29, 1.82) is 0 Å². The fraction of sp³-hybridized carbons (Fsp3) is 0.143. The lowest BCUT2D eigenvalue weighted by Gasteiger charge is -2.17. The maximum Gasteiger partial charge on any atom is 0.260 e. The van der Waals surface area contributed by atoms with Gasteiger partial charge in [-0.15, -0.1) is 0 Å². The zero-order chi connectivity index (χ0) is 14.2. The van der Waals surface area contributed by atoms with Crippen molar-refractivity contribution >= 4 is 32.6 Å². The van der Waals surface area contributed by atoms with Gasteiger partial charge in [-0.05, 0) is 6.07 Å². The van der Waals surface area contributed by atoms with Crippen LogP contribution in [0.2, 0.25) is 0 Å². The van der Waals surface area contributed by atoms with Gasteiger partial charge >= 0.3 is 0 Å². The summed E-state index contributed by atoms with van der Waals surface area (Å²) in [6.45, 7) is 1.08. The molecule has 21 heavy (non-hydrogen) atoms. The molecule has 1 N–H and O–H groups in total. The second kappa shape index (κ2) is 4.78. The number of rotatable bonds is 2. The standard InChI is InChI=1S/C14H10N2O4S/c17-13(8-1-2-18-7-8)16-14-15-9-5-10-11(6-12(9)21-14)20-4-3-19-10/h1-2,5-7H,3-4H2,(H,15,16,17). The number of amides is 1. The van der Waals surface area contributed by atoms with Gasteiger partial charge in [0.2, 0.25) is 0 Å². The third kappa shape index (κ3) is 2.21. The number of hydrogen-bond acceptors (Lipinski definition) is 6. The van der Waals surface area contributed by atoms with Crippen LogP contribution in [0.3, 0.4) is 0 Å². The number of benzene rings is 1. The molecule has 4 rings (SSSR count). The van der Waals surface area contributed by atoms with Gasteiger partial charge in [-0.2, -0.15) is 0 Å². The number of nitrogens with zero attached hydrogens (tertiary/aromatic N) is 1. The second-order valence-electron chi connectivity index (χ2n) is 4.45. The molecule has 6 nitrogen and oxygen atoms in total. The molecule has 0 spiro atoms. The summed E-state index contributed by atoms with van der Waals surface area (Å²) in [5.41, 5.74) is 1.23. The van der Waals surface area contributed by atoms with Crippen molar-refractivity contribution in [1.82, 2.24) is 4.98 Å². The number of nitrogens with one attached hydrogen (secondary N) is 1. The highest BCUT2D eigenvalue weighted by Gasteiger charge is 2.16. The smallest absolute Gasteiger partial charge is 0.260 e. The largest absolute Gasteiger partial charge is 0.486 e. The first-order chi connectivity index (χ1) is 10.3. The highest BCUT2D eigenvalue weighted by atomic mass is 32.1. The monoisotopic (exact) mass is 302 g/mol. The van der Waals surface area contributed by atoms with Crippen LogP contribution in [0, 0.1) is 0 Å². The number of ether oxygens (including phenoxy) is 2. The van der Waals surface area contributed by atoms with Crippen LogP contribution in [-0.2, 0) is 0 Å². The van der Waals surface area contributed by atoms with E-state index in [0.717, 1.165) is 10.2 Å². The minimum atomic E-state index is -0.250. The fourth-order valence-corrected chi connectivity index (χ4v) is 2.95.